The molecule has 3 rings (SSSR count). The van der Waals surface area contributed by atoms with E-state index in [4.69, 9.17) is 5.73 Å². The molecule has 18 heavy (non-hydrogen) atoms. The van der Waals surface area contributed by atoms with E-state index in [1.54, 1.807) is 0 Å². The topological polar surface area (TPSA) is 51.8 Å². The molecule has 2 N–H and O–H groups in total. The molecule has 0 unspecified atom stereocenters. The molecular weight excluding hydrogens is 222 g/mol. The zero-order chi connectivity index (χ0) is 12.4. The lowest BCUT2D eigenvalue weighted by Crippen LogP contribution is -1.96. The molecule has 0 aliphatic rings. The van der Waals surface area contributed by atoms with Crippen LogP contribution in [0, 0.1) is 0 Å². The number of nitrogens with two attached hydrogens (primary N) is 1. The molecule has 0 amide bonds. The highest BCUT2D eigenvalue weighted by Crippen LogP contribution is 2.21. The summed E-state index contributed by atoms with van der Waals surface area (Å²) in [6.45, 7) is 0.537. The van der Waals surface area contributed by atoms with Gasteiger partial charge in [-0.1, -0.05) is 36.4 Å². The summed E-state index contributed by atoms with van der Waals surface area (Å²) in [5, 5.41) is 9.59. The first-order valence-corrected chi connectivity index (χ1v) is 5.89. The Balaban J connectivity index is 2.13. The summed E-state index contributed by atoms with van der Waals surface area (Å²) in [7, 11) is 0. The van der Waals surface area contributed by atoms with Gasteiger partial charge in [0.05, 0.1) is 11.2 Å². The van der Waals surface area contributed by atoms with Crippen LogP contribution in [0.4, 0.5) is 0 Å². The first-order valence-electron chi connectivity index (χ1n) is 5.89. The molecule has 0 atom stereocenters. The van der Waals surface area contributed by atoms with Crippen molar-refractivity contribution >= 4 is 10.9 Å². The average molecular weight is 235 g/mol. The lowest BCUT2D eigenvalue weighted by molar-refractivity contribution is 1.06. The molecule has 0 aliphatic carbocycles. The van der Waals surface area contributed by atoms with Gasteiger partial charge in [-0.2, -0.15) is 0 Å². The third-order valence-corrected chi connectivity index (χ3v) is 2.95. The standard InChI is InChI=1S/C15H13N3/c16-10-11-4-3-6-12(8-11)15-9-13-5-1-2-7-14(13)17-18-15/h1-9H,10,16H2. The minimum Gasteiger partial charge on any atom is -0.326 e. The molecule has 3 aromatic rings. The minimum absolute atomic E-state index is 0.537. The Bertz CT molecular complexity index is 692. The van der Waals surface area contributed by atoms with Gasteiger partial charge in [0, 0.05) is 17.5 Å². The highest BCUT2D eigenvalue weighted by Gasteiger charge is 2.02. The molecule has 88 valence electrons. The van der Waals surface area contributed by atoms with Crippen LogP contribution in [0.2, 0.25) is 0 Å². The zero-order valence-electron chi connectivity index (χ0n) is 9.88. The number of fused-ring (bicyclic) bond motifs is 1. The summed E-state index contributed by atoms with van der Waals surface area (Å²) in [5.41, 5.74) is 9.59. The summed E-state index contributed by atoms with van der Waals surface area (Å²) in [4.78, 5) is 0. The van der Waals surface area contributed by atoms with Crippen molar-refractivity contribution < 1.29 is 0 Å². The third-order valence-electron chi connectivity index (χ3n) is 2.95. The summed E-state index contributed by atoms with van der Waals surface area (Å²) in [6.07, 6.45) is 0. The van der Waals surface area contributed by atoms with E-state index in [0.717, 1.165) is 27.7 Å². The first kappa shape index (κ1) is 10.9. The zero-order valence-corrected chi connectivity index (χ0v) is 9.88. The van der Waals surface area contributed by atoms with Crippen LogP contribution in [-0.4, -0.2) is 10.2 Å². The highest BCUT2D eigenvalue weighted by atomic mass is 15.1. The Morgan fingerprint density at radius 2 is 1.78 bits per heavy atom. The molecule has 0 saturated carbocycles. The Morgan fingerprint density at radius 1 is 0.889 bits per heavy atom. The summed E-state index contributed by atoms with van der Waals surface area (Å²) < 4.78 is 0. The van der Waals surface area contributed by atoms with E-state index in [2.05, 4.69) is 22.3 Å². The van der Waals surface area contributed by atoms with Crippen molar-refractivity contribution in [3.63, 3.8) is 0 Å². The SMILES string of the molecule is NCc1cccc(-c2cc3ccccc3nn2)c1. The van der Waals surface area contributed by atoms with Crippen LogP contribution in [-0.2, 0) is 6.54 Å². The van der Waals surface area contributed by atoms with Crippen molar-refractivity contribution in [3.05, 3.63) is 60.2 Å². The van der Waals surface area contributed by atoms with Crippen molar-refractivity contribution in [2.24, 2.45) is 5.73 Å². The maximum atomic E-state index is 5.65. The van der Waals surface area contributed by atoms with E-state index >= 15 is 0 Å². The van der Waals surface area contributed by atoms with Crippen LogP contribution in [0.1, 0.15) is 5.56 Å². The largest absolute Gasteiger partial charge is 0.326 e. The fourth-order valence-electron chi connectivity index (χ4n) is 1.98. The van der Waals surface area contributed by atoms with Crippen LogP contribution in [0.25, 0.3) is 22.2 Å². The second kappa shape index (κ2) is 4.55. The van der Waals surface area contributed by atoms with Crippen LogP contribution < -0.4 is 5.73 Å². The highest BCUT2D eigenvalue weighted by molar-refractivity contribution is 5.81. The summed E-state index contributed by atoms with van der Waals surface area (Å²) in [6, 6.07) is 18.1. The van der Waals surface area contributed by atoms with E-state index in [0.29, 0.717) is 6.54 Å². The number of aromatic nitrogens is 2. The molecule has 2 aromatic carbocycles. The second-order valence-corrected chi connectivity index (χ2v) is 4.19. The molecule has 1 aromatic heterocycles. The normalized spacial score (nSPS) is 10.7. The van der Waals surface area contributed by atoms with Gasteiger partial charge < -0.3 is 5.73 Å². The first-order chi connectivity index (χ1) is 8.86. The Kier molecular flexibility index (Phi) is 2.74. The van der Waals surface area contributed by atoms with Crippen molar-refractivity contribution in [1.82, 2.24) is 10.2 Å². The lowest BCUT2D eigenvalue weighted by Gasteiger charge is -2.04. The van der Waals surface area contributed by atoms with Gasteiger partial charge in [-0.15, -0.1) is 10.2 Å². The smallest absolute Gasteiger partial charge is 0.0936 e. The van der Waals surface area contributed by atoms with Gasteiger partial charge in [-0.3, -0.25) is 0 Å². The van der Waals surface area contributed by atoms with Crippen LogP contribution in [0.3, 0.4) is 0 Å². The quantitative estimate of drug-likeness (QED) is 0.743. The monoisotopic (exact) mass is 235 g/mol. The molecule has 0 fully saturated rings. The molecule has 1 heterocycles. The predicted molar refractivity (Wildman–Crippen MR) is 72.9 cm³/mol. The van der Waals surface area contributed by atoms with Gasteiger partial charge in [0.15, 0.2) is 0 Å². The molecular formula is C15H13N3. The van der Waals surface area contributed by atoms with Gasteiger partial charge >= 0.3 is 0 Å². The van der Waals surface area contributed by atoms with Crippen molar-refractivity contribution in [3.8, 4) is 11.3 Å². The molecule has 0 bridgehead atoms. The lowest BCUT2D eigenvalue weighted by atomic mass is 10.1. The van der Waals surface area contributed by atoms with Gasteiger partial charge in [-0.05, 0) is 23.8 Å². The van der Waals surface area contributed by atoms with E-state index in [9.17, 15) is 0 Å². The van der Waals surface area contributed by atoms with Crippen LogP contribution in [0.5, 0.6) is 0 Å². The number of benzene rings is 2. The number of hydrogen-bond donors (Lipinski definition) is 1. The Morgan fingerprint density at radius 3 is 2.67 bits per heavy atom. The molecule has 0 aliphatic heterocycles. The average Bonchev–Trinajstić information content (AvgIpc) is 2.47. The molecule has 0 radical (unpaired) electrons. The van der Waals surface area contributed by atoms with Gasteiger partial charge in [0.1, 0.15) is 0 Å². The van der Waals surface area contributed by atoms with E-state index < -0.39 is 0 Å². The van der Waals surface area contributed by atoms with E-state index in [1.165, 1.54) is 0 Å². The van der Waals surface area contributed by atoms with Gasteiger partial charge in [0.2, 0.25) is 0 Å². The van der Waals surface area contributed by atoms with Crippen molar-refractivity contribution in [2.45, 2.75) is 6.54 Å². The predicted octanol–water partition coefficient (Wildman–Crippen LogP) is 2.76. The minimum atomic E-state index is 0.537. The van der Waals surface area contributed by atoms with Crippen LogP contribution >= 0.6 is 0 Å². The molecule has 3 nitrogen and oxygen atoms in total. The van der Waals surface area contributed by atoms with Crippen molar-refractivity contribution in [2.75, 3.05) is 0 Å². The molecule has 3 heteroatoms. The Labute approximate surface area is 105 Å². The fraction of sp³-hybridized carbons (Fsp3) is 0.0667. The van der Waals surface area contributed by atoms with Crippen LogP contribution in [0.15, 0.2) is 54.6 Å². The molecule has 0 spiro atoms. The summed E-state index contributed by atoms with van der Waals surface area (Å²) in [5.74, 6) is 0. The number of nitrogens with zero attached hydrogens (tertiary/aromatic N) is 2. The van der Waals surface area contributed by atoms with Gasteiger partial charge in [0.25, 0.3) is 0 Å². The second-order valence-electron chi connectivity index (χ2n) is 4.19. The number of rotatable bonds is 2. The fourth-order valence-corrected chi connectivity index (χ4v) is 1.98. The van der Waals surface area contributed by atoms with E-state index in [1.807, 2.05) is 42.5 Å². The third kappa shape index (κ3) is 1.96. The van der Waals surface area contributed by atoms with Crippen molar-refractivity contribution in [1.29, 1.82) is 0 Å². The summed E-state index contributed by atoms with van der Waals surface area (Å²) >= 11 is 0. The molecule has 0 saturated heterocycles. The Hall–Kier alpha value is -2.26. The maximum Gasteiger partial charge on any atom is 0.0936 e. The number of hydrogen-bond acceptors (Lipinski definition) is 3. The van der Waals surface area contributed by atoms with E-state index in [-0.39, 0.29) is 0 Å². The van der Waals surface area contributed by atoms with Gasteiger partial charge in [-0.25, -0.2) is 0 Å². The maximum absolute atomic E-state index is 5.65.